The lowest BCUT2D eigenvalue weighted by Gasteiger charge is -2.38. The summed E-state index contributed by atoms with van der Waals surface area (Å²) in [5.74, 6) is 0.455. The molecule has 1 atom stereocenters. The van der Waals surface area contributed by atoms with Gasteiger partial charge in [0.05, 0.1) is 12.7 Å². The van der Waals surface area contributed by atoms with Crippen LogP contribution in [0.25, 0.3) is 0 Å². The second-order valence-corrected chi connectivity index (χ2v) is 8.25. The Morgan fingerprint density at radius 1 is 1.20 bits per heavy atom. The SMILES string of the molecule is CCCOC1(C(=O)Nc2ccc(O[C@H](C)CC)c(C(=O)OCC)c2)CCC(C)CC1. The summed E-state index contributed by atoms with van der Waals surface area (Å²) in [5.41, 5.74) is 0.0480. The molecule has 2 rings (SSSR count). The highest BCUT2D eigenvalue weighted by atomic mass is 16.5. The quantitative estimate of drug-likeness (QED) is 0.517. The minimum Gasteiger partial charge on any atom is -0.490 e. The van der Waals surface area contributed by atoms with E-state index in [0.29, 0.717) is 42.4 Å². The predicted octanol–water partition coefficient (Wildman–Crippen LogP) is 5.35. The molecule has 1 fully saturated rings. The average Bonchev–Trinajstić information content (AvgIpc) is 2.74. The van der Waals surface area contributed by atoms with Crippen LogP contribution in [0.4, 0.5) is 5.69 Å². The van der Waals surface area contributed by atoms with E-state index in [1.807, 2.05) is 20.8 Å². The third-order valence-electron chi connectivity index (χ3n) is 5.71. The van der Waals surface area contributed by atoms with Crippen molar-refractivity contribution in [3.8, 4) is 5.75 Å². The fourth-order valence-corrected chi connectivity index (χ4v) is 3.59. The fraction of sp³-hybridized carbons (Fsp3) is 0.667. The Morgan fingerprint density at radius 2 is 1.90 bits per heavy atom. The molecule has 1 N–H and O–H groups in total. The zero-order valence-corrected chi connectivity index (χ0v) is 19.1. The summed E-state index contributed by atoms with van der Waals surface area (Å²) in [7, 11) is 0. The van der Waals surface area contributed by atoms with Gasteiger partial charge in [0, 0.05) is 12.3 Å². The second-order valence-electron chi connectivity index (χ2n) is 8.25. The third kappa shape index (κ3) is 6.21. The molecule has 30 heavy (non-hydrogen) atoms. The molecule has 1 amide bonds. The summed E-state index contributed by atoms with van der Waals surface area (Å²) in [4.78, 5) is 25.7. The fourth-order valence-electron chi connectivity index (χ4n) is 3.59. The van der Waals surface area contributed by atoms with Crippen LogP contribution in [0.2, 0.25) is 0 Å². The molecule has 0 spiro atoms. The first-order valence-corrected chi connectivity index (χ1v) is 11.3. The highest BCUT2D eigenvalue weighted by Gasteiger charge is 2.42. The molecule has 1 aromatic carbocycles. The maximum atomic E-state index is 13.2. The van der Waals surface area contributed by atoms with E-state index in [1.165, 1.54) is 0 Å². The Kier molecular flexibility index (Phi) is 9.15. The van der Waals surface area contributed by atoms with Gasteiger partial charge < -0.3 is 19.5 Å². The molecule has 0 bridgehead atoms. The zero-order valence-electron chi connectivity index (χ0n) is 19.1. The highest BCUT2D eigenvalue weighted by Crippen LogP contribution is 2.36. The summed E-state index contributed by atoms with van der Waals surface area (Å²) in [6.45, 7) is 10.8. The third-order valence-corrected chi connectivity index (χ3v) is 5.71. The molecule has 6 heteroatoms. The van der Waals surface area contributed by atoms with Crippen molar-refractivity contribution in [2.75, 3.05) is 18.5 Å². The van der Waals surface area contributed by atoms with Crippen LogP contribution in [0.1, 0.15) is 83.5 Å². The van der Waals surface area contributed by atoms with Gasteiger partial charge in [0.2, 0.25) is 0 Å². The second kappa shape index (κ2) is 11.3. The summed E-state index contributed by atoms with van der Waals surface area (Å²) >= 11 is 0. The van der Waals surface area contributed by atoms with Crippen molar-refractivity contribution in [3.05, 3.63) is 23.8 Å². The molecular formula is C24H37NO5. The van der Waals surface area contributed by atoms with Crippen LogP contribution >= 0.6 is 0 Å². The van der Waals surface area contributed by atoms with Gasteiger partial charge in [0.15, 0.2) is 0 Å². The minimum absolute atomic E-state index is 0.0337. The summed E-state index contributed by atoms with van der Waals surface area (Å²) < 4.78 is 17.2. The Balaban J connectivity index is 2.25. The van der Waals surface area contributed by atoms with E-state index in [4.69, 9.17) is 14.2 Å². The lowest BCUT2D eigenvalue weighted by molar-refractivity contribution is -0.147. The van der Waals surface area contributed by atoms with Crippen LogP contribution in [0.3, 0.4) is 0 Å². The van der Waals surface area contributed by atoms with E-state index < -0.39 is 11.6 Å². The van der Waals surface area contributed by atoms with E-state index in [0.717, 1.165) is 25.7 Å². The number of esters is 1. The first kappa shape index (κ1) is 24.2. The van der Waals surface area contributed by atoms with Crippen molar-refractivity contribution in [2.45, 2.75) is 84.8 Å². The van der Waals surface area contributed by atoms with Crippen molar-refractivity contribution < 1.29 is 23.8 Å². The van der Waals surface area contributed by atoms with Crippen molar-refractivity contribution >= 4 is 17.6 Å². The van der Waals surface area contributed by atoms with E-state index in [1.54, 1.807) is 25.1 Å². The van der Waals surface area contributed by atoms with Crippen LogP contribution in [-0.4, -0.2) is 36.8 Å². The molecule has 168 valence electrons. The van der Waals surface area contributed by atoms with E-state index in [-0.39, 0.29) is 18.6 Å². The Hall–Kier alpha value is -2.08. The average molecular weight is 420 g/mol. The number of amides is 1. The van der Waals surface area contributed by atoms with Gasteiger partial charge in [-0.3, -0.25) is 4.79 Å². The van der Waals surface area contributed by atoms with Crippen LogP contribution in [0, 0.1) is 5.92 Å². The number of hydrogen-bond acceptors (Lipinski definition) is 5. The Labute approximate surface area is 180 Å². The molecule has 1 aliphatic carbocycles. The molecule has 0 heterocycles. The maximum absolute atomic E-state index is 13.2. The standard InChI is InChI=1S/C24H37NO5/c1-6-15-29-24(13-11-17(4)12-14-24)23(27)25-19-9-10-21(30-18(5)7-2)20(16-19)22(26)28-8-3/h9-10,16-18H,6-8,11-15H2,1-5H3,(H,25,27)/t17?,18-,24?/m1/s1. The summed E-state index contributed by atoms with van der Waals surface area (Å²) in [6, 6.07) is 5.11. The number of benzene rings is 1. The molecule has 0 aromatic heterocycles. The molecule has 0 radical (unpaired) electrons. The molecule has 0 aliphatic heterocycles. The van der Waals surface area contributed by atoms with Gasteiger partial charge in [-0.1, -0.05) is 20.8 Å². The van der Waals surface area contributed by atoms with Gasteiger partial charge >= 0.3 is 5.97 Å². The van der Waals surface area contributed by atoms with E-state index in [2.05, 4.69) is 12.2 Å². The minimum atomic E-state index is -0.807. The van der Waals surface area contributed by atoms with Crippen LogP contribution in [0.5, 0.6) is 5.75 Å². The van der Waals surface area contributed by atoms with Crippen LogP contribution in [0.15, 0.2) is 18.2 Å². The number of carbonyl (C=O) groups excluding carboxylic acids is 2. The molecule has 1 aromatic rings. The van der Waals surface area contributed by atoms with Gasteiger partial charge in [-0.15, -0.1) is 0 Å². The monoisotopic (exact) mass is 419 g/mol. The number of ether oxygens (including phenoxy) is 3. The normalized spacial score (nSPS) is 22.2. The molecule has 6 nitrogen and oxygen atoms in total. The Bertz CT molecular complexity index is 704. The van der Waals surface area contributed by atoms with Gasteiger partial charge in [-0.05, 0) is 76.5 Å². The summed E-state index contributed by atoms with van der Waals surface area (Å²) in [6.07, 6.45) is 4.99. The molecule has 0 unspecified atom stereocenters. The first-order valence-electron chi connectivity index (χ1n) is 11.3. The van der Waals surface area contributed by atoms with Gasteiger partial charge in [-0.25, -0.2) is 4.79 Å². The molecule has 1 aliphatic rings. The number of rotatable bonds is 10. The lowest BCUT2D eigenvalue weighted by atomic mass is 9.78. The number of nitrogens with one attached hydrogen (secondary N) is 1. The van der Waals surface area contributed by atoms with Crippen LogP contribution in [-0.2, 0) is 14.3 Å². The van der Waals surface area contributed by atoms with E-state index >= 15 is 0 Å². The highest BCUT2D eigenvalue weighted by molar-refractivity contribution is 5.99. The van der Waals surface area contributed by atoms with Crippen molar-refractivity contribution in [2.24, 2.45) is 5.92 Å². The first-order chi connectivity index (χ1) is 14.3. The zero-order chi connectivity index (χ0) is 22.1. The smallest absolute Gasteiger partial charge is 0.341 e. The van der Waals surface area contributed by atoms with Gasteiger partial charge in [0.25, 0.3) is 5.91 Å². The van der Waals surface area contributed by atoms with Crippen LogP contribution < -0.4 is 10.1 Å². The number of carbonyl (C=O) groups is 2. The maximum Gasteiger partial charge on any atom is 0.341 e. The molecule has 1 saturated carbocycles. The number of hydrogen-bond donors (Lipinski definition) is 1. The van der Waals surface area contributed by atoms with Gasteiger partial charge in [0.1, 0.15) is 16.9 Å². The van der Waals surface area contributed by atoms with E-state index in [9.17, 15) is 9.59 Å². The Morgan fingerprint density at radius 3 is 2.50 bits per heavy atom. The largest absolute Gasteiger partial charge is 0.490 e. The predicted molar refractivity (Wildman–Crippen MR) is 118 cm³/mol. The van der Waals surface area contributed by atoms with Gasteiger partial charge in [-0.2, -0.15) is 0 Å². The molecular weight excluding hydrogens is 382 g/mol. The lowest BCUT2D eigenvalue weighted by Crippen LogP contribution is -2.48. The van der Waals surface area contributed by atoms with Crippen molar-refractivity contribution in [3.63, 3.8) is 0 Å². The topological polar surface area (TPSA) is 73.9 Å². The molecule has 0 saturated heterocycles. The number of anilines is 1. The van der Waals surface area contributed by atoms with Crippen molar-refractivity contribution in [1.29, 1.82) is 0 Å². The van der Waals surface area contributed by atoms with Crippen molar-refractivity contribution in [1.82, 2.24) is 0 Å². The summed E-state index contributed by atoms with van der Waals surface area (Å²) in [5, 5.41) is 2.98.